The van der Waals surface area contributed by atoms with Crippen molar-refractivity contribution in [1.82, 2.24) is 20.8 Å². The van der Waals surface area contributed by atoms with E-state index in [4.69, 9.17) is 4.52 Å². The number of rotatable bonds is 6. The van der Waals surface area contributed by atoms with Crippen molar-refractivity contribution in [2.24, 2.45) is 0 Å². The molecule has 0 aliphatic carbocycles. The van der Waals surface area contributed by atoms with Crippen LogP contribution in [0, 0.1) is 0 Å². The van der Waals surface area contributed by atoms with E-state index >= 15 is 0 Å². The predicted molar refractivity (Wildman–Crippen MR) is 93.2 cm³/mol. The Balaban J connectivity index is 0.00000264. The van der Waals surface area contributed by atoms with Gasteiger partial charge in [-0.05, 0) is 19.0 Å². The average Bonchev–Trinajstić information content (AvgIpc) is 2.89. The van der Waals surface area contributed by atoms with E-state index in [1.807, 2.05) is 0 Å². The molecule has 0 atom stereocenters. The van der Waals surface area contributed by atoms with Gasteiger partial charge in [-0.15, -0.1) is 12.4 Å². The van der Waals surface area contributed by atoms with Gasteiger partial charge in [-0.3, -0.25) is 4.79 Å². The number of carbonyl (C=O) groups is 1. The quantitative estimate of drug-likeness (QED) is 0.790. The van der Waals surface area contributed by atoms with E-state index in [1.54, 1.807) is 6.07 Å². The largest absolute Gasteiger partial charge is 0.351 e. The molecular weight excluding hydrogens is 316 g/mol. The predicted octanol–water partition coefficient (Wildman–Crippen LogP) is 2.67. The third-order valence-electron chi connectivity index (χ3n) is 3.32. The summed E-state index contributed by atoms with van der Waals surface area (Å²) in [7, 11) is 0. The van der Waals surface area contributed by atoms with Crippen molar-refractivity contribution in [3.05, 3.63) is 23.5 Å². The molecule has 0 aromatic carbocycles. The number of nitrogens with one attached hydrogen (secondary N) is 2. The molecule has 2 N–H and O–H groups in total. The highest BCUT2D eigenvalue weighted by Crippen LogP contribution is 2.28. The van der Waals surface area contributed by atoms with Crippen LogP contribution in [0.1, 0.15) is 50.2 Å². The molecule has 1 amide bonds. The van der Waals surface area contributed by atoms with Crippen LogP contribution in [0.15, 0.2) is 16.8 Å². The van der Waals surface area contributed by atoms with Gasteiger partial charge in [0.05, 0.1) is 16.6 Å². The minimum Gasteiger partial charge on any atom is -0.351 e. The summed E-state index contributed by atoms with van der Waals surface area (Å²) in [5.74, 6) is -0.131. The molecule has 0 unspecified atom stereocenters. The smallest absolute Gasteiger partial charge is 0.257 e. The second-order valence-corrected chi connectivity index (χ2v) is 6.36. The fraction of sp³-hybridized carbons (Fsp3) is 0.562. The van der Waals surface area contributed by atoms with Gasteiger partial charge in [-0.25, -0.2) is 4.98 Å². The highest BCUT2D eigenvalue weighted by molar-refractivity contribution is 5.97. The van der Waals surface area contributed by atoms with Gasteiger partial charge in [-0.1, -0.05) is 32.9 Å². The fourth-order valence-electron chi connectivity index (χ4n) is 2.17. The van der Waals surface area contributed by atoms with Gasteiger partial charge in [0.2, 0.25) is 0 Å². The van der Waals surface area contributed by atoms with Crippen molar-refractivity contribution < 1.29 is 9.32 Å². The Labute approximate surface area is 142 Å². The zero-order chi connectivity index (χ0) is 16.2. The second-order valence-electron chi connectivity index (χ2n) is 6.36. The van der Waals surface area contributed by atoms with Gasteiger partial charge >= 0.3 is 0 Å². The van der Waals surface area contributed by atoms with Gasteiger partial charge in [0, 0.05) is 24.7 Å². The van der Waals surface area contributed by atoms with Gasteiger partial charge < -0.3 is 15.2 Å². The van der Waals surface area contributed by atoms with Crippen LogP contribution in [0.4, 0.5) is 0 Å². The molecular formula is C16H25ClN4O2. The van der Waals surface area contributed by atoms with Gasteiger partial charge in [-0.2, -0.15) is 0 Å². The molecule has 128 valence electrons. The Morgan fingerprint density at radius 3 is 2.65 bits per heavy atom. The second kappa shape index (κ2) is 8.26. The summed E-state index contributed by atoms with van der Waals surface area (Å²) in [6.45, 7) is 10.6. The standard InChI is InChI=1S/C16H24N4O2.ClH/c1-5-6-17-7-8-18-14(21)11-9-12-13(16(2,3)4)20-22-15(12)19-10-11;/h9-10,17H,5-8H2,1-4H3,(H,18,21);1H. The number of amides is 1. The number of hydrogen-bond acceptors (Lipinski definition) is 5. The van der Waals surface area contributed by atoms with E-state index < -0.39 is 0 Å². The lowest BCUT2D eigenvalue weighted by Gasteiger charge is -2.14. The van der Waals surface area contributed by atoms with E-state index in [9.17, 15) is 4.79 Å². The summed E-state index contributed by atoms with van der Waals surface area (Å²) in [6.07, 6.45) is 2.60. The van der Waals surface area contributed by atoms with E-state index in [0.29, 0.717) is 17.8 Å². The summed E-state index contributed by atoms with van der Waals surface area (Å²) in [6, 6.07) is 1.80. The number of fused-ring (bicyclic) bond motifs is 1. The summed E-state index contributed by atoms with van der Waals surface area (Å²) < 4.78 is 5.23. The van der Waals surface area contributed by atoms with Crippen molar-refractivity contribution in [1.29, 1.82) is 0 Å². The van der Waals surface area contributed by atoms with Crippen LogP contribution in [-0.4, -0.2) is 35.7 Å². The molecule has 2 heterocycles. The molecule has 0 aliphatic rings. The molecule has 0 aliphatic heterocycles. The van der Waals surface area contributed by atoms with E-state index in [0.717, 1.165) is 30.6 Å². The van der Waals surface area contributed by atoms with Crippen molar-refractivity contribution in [2.45, 2.75) is 39.5 Å². The van der Waals surface area contributed by atoms with E-state index in [-0.39, 0.29) is 23.7 Å². The van der Waals surface area contributed by atoms with Crippen LogP contribution in [0.2, 0.25) is 0 Å². The maximum Gasteiger partial charge on any atom is 0.257 e. The van der Waals surface area contributed by atoms with Gasteiger partial charge in [0.1, 0.15) is 0 Å². The molecule has 2 aromatic rings. The van der Waals surface area contributed by atoms with Crippen LogP contribution in [-0.2, 0) is 5.41 Å². The number of carbonyl (C=O) groups excluding carboxylic acids is 1. The molecule has 0 radical (unpaired) electrons. The highest BCUT2D eigenvalue weighted by Gasteiger charge is 2.23. The lowest BCUT2D eigenvalue weighted by Crippen LogP contribution is -2.32. The Bertz CT molecular complexity index is 649. The normalized spacial score (nSPS) is 11.3. The zero-order valence-corrected chi connectivity index (χ0v) is 14.9. The number of aromatic nitrogens is 2. The topological polar surface area (TPSA) is 80.0 Å². The first-order chi connectivity index (χ1) is 10.4. The molecule has 7 heteroatoms. The summed E-state index contributed by atoms with van der Waals surface area (Å²) in [5.41, 5.74) is 1.64. The van der Waals surface area contributed by atoms with Crippen molar-refractivity contribution in [3.8, 4) is 0 Å². The minimum atomic E-state index is -0.161. The first-order valence-corrected chi connectivity index (χ1v) is 7.68. The Hall–Kier alpha value is -1.66. The van der Waals surface area contributed by atoms with E-state index in [1.165, 1.54) is 6.20 Å². The average molecular weight is 341 g/mol. The maximum atomic E-state index is 12.2. The van der Waals surface area contributed by atoms with Crippen molar-refractivity contribution in [3.63, 3.8) is 0 Å². The van der Waals surface area contributed by atoms with Crippen LogP contribution in [0.3, 0.4) is 0 Å². The Morgan fingerprint density at radius 1 is 1.26 bits per heavy atom. The van der Waals surface area contributed by atoms with Gasteiger partial charge in [0.25, 0.3) is 11.6 Å². The lowest BCUT2D eigenvalue weighted by molar-refractivity contribution is 0.0953. The zero-order valence-electron chi connectivity index (χ0n) is 14.1. The Morgan fingerprint density at radius 2 is 2.00 bits per heavy atom. The number of halogens is 1. The molecule has 0 saturated heterocycles. The molecule has 0 saturated carbocycles. The molecule has 2 rings (SSSR count). The molecule has 0 fully saturated rings. The van der Waals surface area contributed by atoms with Crippen LogP contribution >= 0.6 is 12.4 Å². The first-order valence-electron chi connectivity index (χ1n) is 7.68. The van der Waals surface area contributed by atoms with Crippen LogP contribution in [0.5, 0.6) is 0 Å². The number of pyridine rings is 1. The summed E-state index contributed by atoms with van der Waals surface area (Å²) >= 11 is 0. The van der Waals surface area contributed by atoms with Crippen molar-refractivity contribution >= 4 is 29.4 Å². The first kappa shape index (κ1) is 19.4. The third-order valence-corrected chi connectivity index (χ3v) is 3.32. The van der Waals surface area contributed by atoms with E-state index in [2.05, 4.69) is 48.5 Å². The SMILES string of the molecule is CCCNCCNC(=O)c1cnc2onc(C(C)(C)C)c2c1.Cl. The monoisotopic (exact) mass is 340 g/mol. The molecule has 2 aromatic heterocycles. The fourth-order valence-corrected chi connectivity index (χ4v) is 2.17. The molecule has 0 bridgehead atoms. The number of nitrogens with zero attached hydrogens (tertiary/aromatic N) is 2. The summed E-state index contributed by atoms with van der Waals surface area (Å²) in [4.78, 5) is 16.4. The lowest BCUT2D eigenvalue weighted by atomic mass is 9.90. The van der Waals surface area contributed by atoms with Crippen molar-refractivity contribution in [2.75, 3.05) is 19.6 Å². The van der Waals surface area contributed by atoms with Gasteiger partial charge in [0.15, 0.2) is 0 Å². The Kier molecular flexibility index (Phi) is 6.97. The third kappa shape index (κ3) is 4.91. The minimum absolute atomic E-state index is 0. The molecule has 6 nitrogen and oxygen atoms in total. The summed E-state index contributed by atoms with van der Waals surface area (Å²) in [5, 5.41) is 11.0. The molecule has 0 spiro atoms. The maximum absolute atomic E-state index is 12.2. The molecule has 23 heavy (non-hydrogen) atoms. The van der Waals surface area contributed by atoms with Crippen LogP contribution in [0.25, 0.3) is 11.1 Å². The van der Waals surface area contributed by atoms with Crippen LogP contribution < -0.4 is 10.6 Å². The highest BCUT2D eigenvalue weighted by atomic mass is 35.5. The number of hydrogen-bond donors (Lipinski definition) is 2.